The van der Waals surface area contributed by atoms with Gasteiger partial charge in [-0.3, -0.25) is 9.59 Å². The molecule has 1 aromatic heterocycles. The van der Waals surface area contributed by atoms with Gasteiger partial charge in [-0.25, -0.2) is 4.79 Å². The molecular weight excluding hydrogens is 260 g/mol. The Balaban J connectivity index is 1.69. The zero-order chi connectivity index (χ0) is 14.1. The van der Waals surface area contributed by atoms with Gasteiger partial charge >= 0.3 is 5.97 Å². The van der Waals surface area contributed by atoms with Gasteiger partial charge in [0.1, 0.15) is 0 Å². The molecule has 2 heterocycles. The van der Waals surface area contributed by atoms with E-state index in [1.54, 1.807) is 6.07 Å². The van der Waals surface area contributed by atoms with Crippen molar-refractivity contribution in [3.05, 3.63) is 36.0 Å². The molecule has 2 amide bonds. The topological polar surface area (TPSA) is 79.5 Å². The van der Waals surface area contributed by atoms with Crippen LogP contribution in [0.15, 0.2) is 30.5 Å². The van der Waals surface area contributed by atoms with Gasteiger partial charge in [-0.05, 0) is 29.1 Å². The Morgan fingerprint density at radius 2 is 1.95 bits per heavy atom. The van der Waals surface area contributed by atoms with Crippen LogP contribution in [0.5, 0.6) is 0 Å². The van der Waals surface area contributed by atoms with Crippen molar-refractivity contribution in [3.63, 3.8) is 0 Å². The number of rotatable bonds is 3. The molecule has 6 heteroatoms. The molecule has 0 unspecified atom stereocenters. The van der Waals surface area contributed by atoms with E-state index in [0.29, 0.717) is 5.06 Å². The quantitative estimate of drug-likeness (QED) is 0.854. The Kier molecular flexibility index (Phi) is 2.98. The van der Waals surface area contributed by atoms with E-state index >= 15 is 0 Å². The molecule has 1 fully saturated rings. The SMILES string of the molecule is O=C(Cc1ccc2[nH]ccc2c1)ON1C(=O)CCC1=O. The average Bonchev–Trinajstić information content (AvgIpc) is 3.00. The Labute approximate surface area is 114 Å². The second-order valence-electron chi connectivity index (χ2n) is 4.62. The summed E-state index contributed by atoms with van der Waals surface area (Å²) in [6.45, 7) is 0. The molecule has 2 aromatic rings. The van der Waals surface area contributed by atoms with E-state index < -0.39 is 17.8 Å². The van der Waals surface area contributed by atoms with Crippen molar-refractivity contribution in [3.8, 4) is 0 Å². The fourth-order valence-electron chi connectivity index (χ4n) is 2.17. The summed E-state index contributed by atoms with van der Waals surface area (Å²) in [5, 5.41) is 1.56. The lowest BCUT2D eigenvalue weighted by Gasteiger charge is -2.12. The second kappa shape index (κ2) is 4.80. The van der Waals surface area contributed by atoms with Crippen LogP contribution >= 0.6 is 0 Å². The molecule has 20 heavy (non-hydrogen) atoms. The number of nitrogens with one attached hydrogen (secondary N) is 1. The van der Waals surface area contributed by atoms with Gasteiger partial charge in [0.25, 0.3) is 11.8 Å². The number of imide groups is 1. The van der Waals surface area contributed by atoms with E-state index in [1.807, 2.05) is 24.4 Å². The van der Waals surface area contributed by atoms with Crippen molar-refractivity contribution in [1.29, 1.82) is 0 Å². The zero-order valence-electron chi connectivity index (χ0n) is 10.6. The number of aromatic nitrogens is 1. The molecule has 1 aromatic carbocycles. The maximum atomic E-state index is 11.8. The highest BCUT2D eigenvalue weighted by Gasteiger charge is 2.32. The third kappa shape index (κ3) is 2.27. The maximum absolute atomic E-state index is 11.8. The van der Waals surface area contributed by atoms with Crippen molar-refractivity contribution in [1.82, 2.24) is 10.0 Å². The van der Waals surface area contributed by atoms with Gasteiger partial charge in [0.2, 0.25) is 0 Å². The number of hydroxylamine groups is 2. The van der Waals surface area contributed by atoms with Gasteiger partial charge in [0, 0.05) is 24.6 Å². The van der Waals surface area contributed by atoms with Crippen LogP contribution in [0, 0.1) is 0 Å². The number of fused-ring (bicyclic) bond motifs is 1. The highest BCUT2D eigenvalue weighted by Crippen LogP contribution is 2.16. The fraction of sp³-hybridized carbons (Fsp3) is 0.214. The Morgan fingerprint density at radius 3 is 2.70 bits per heavy atom. The van der Waals surface area contributed by atoms with Crippen LogP contribution in [-0.4, -0.2) is 27.8 Å². The first kappa shape index (κ1) is 12.4. The predicted molar refractivity (Wildman–Crippen MR) is 69.2 cm³/mol. The molecule has 1 aliphatic heterocycles. The molecule has 0 bridgehead atoms. The number of carbonyl (C=O) groups is 3. The average molecular weight is 272 g/mol. The van der Waals surface area contributed by atoms with Crippen molar-refractivity contribution in [2.24, 2.45) is 0 Å². The number of hydrogen-bond acceptors (Lipinski definition) is 4. The second-order valence-corrected chi connectivity index (χ2v) is 4.62. The summed E-state index contributed by atoms with van der Waals surface area (Å²) in [5.74, 6) is -1.56. The smallest absolute Gasteiger partial charge is 0.337 e. The molecule has 0 aliphatic carbocycles. The number of aromatic amines is 1. The molecule has 1 saturated heterocycles. The number of benzene rings is 1. The lowest BCUT2D eigenvalue weighted by atomic mass is 10.1. The van der Waals surface area contributed by atoms with E-state index in [-0.39, 0.29) is 19.3 Å². The van der Waals surface area contributed by atoms with Gasteiger partial charge in [-0.2, -0.15) is 0 Å². The van der Waals surface area contributed by atoms with Crippen LogP contribution in [0.2, 0.25) is 0 Å². The summed E-state index contributed by atoms with van der Waals surface area (Å²) < 4.78 is 0. The number of hydrogen-bond donors (Lipinski definition) is 1. The van der Waals surface area contributed by atoms with Crippen molar-refractivity contribution in [2.75, 3.05) is 0 Å². The normalized spacial score (nSPS) is 15.1. The number of H-pyrrole nitrogens is 1. The lowest BCUT2D eigenvalue weighted by molar-refractivity contribution is -0.197. The van der Waals surface area contributed by atoms with E-state index in [0.717, 1.165) is 16.5 Å². The van der Waals surface area contributed by atoms with Crippen LogP contribution in [0.4, 0.5) is 0 Å². The van der Waals surface area contributed by atoms with Crippen LogP contribution in [0.1, 0.15) is 18.4 Å². The summed E-state index contributed by atoms with van der Waals surface area (Å²) in [4.78, 5) is 42.3. The molecule has 0 radical (unpaired) electrons. The molecule has 0 atom stereocenters. The van der Waals surface area contributed by atoms with Crippen molar-refractivity contribution >= 4 is 28.7 Å². The highest BCUT2D eigenvalue weighted by molar-refractivity contribution is 6.01. The van der Waals surface area contributed by atoms with Gasteiger partial charge in [-0.1, -0.05) is 6.07 Å². The number of carbonyl (C=O) groups excluding carboxylic acids is 3. The van der Waals surface area contributed by atoms with Crippen LogP contribution < -0.4 is 0 Å². The monoisotopic (exact) mass is 272 g/mol. The Hall–Kier alpha value is -2.63. The lowest BCUT2D eigenvalue weighted by Crippen LogP contribution is -2.32. The van der Waals surface area contributed by atoms with Gasteiger partial charge in [0.05, 0.1) is 6.42 Å². The summed E-state index contributed by atoms with van der Waals surface area (Å²) in [6, 6.07) is 7.43. The minimum Gasteiger partial charge on any atom is -0.361 e. The molecule has 1 N–H and O–H groups in total. The van der Waals surface area contributed by atoms with Crippen LogP contribution in [0.25, 0.3) is 10.9 Å². The molecule has 0 saturated carbocycles. The molecule has 1 aliphatic rings. The first-order valence-electron chi connectivity index (χ1n) is 6.26. The minimum atomic E-state index is -0.622. The van der Waals surface area contributed by atoms with E-state index in [1.165, 1.54) is 0 Å². The number of nitrogens with zero attached hydrogens (tertiary/aromatic N) is 1. The predicted octanol–water partition coefficient (Wildman–Crippen LogP) is 1.32. The fourth-order valence-corrected chi connectivity index (χ4v) is 2.17. The van der Waals surface area contributed by atoms with E-state index in [9.17, 15) is 14.4 Å². The molecule has 0 spiro atoms. The third-order valence-corrected chi connectivity index (χ3v) is 3.17. The summed E-state index contributed by atoms with van der Waals surface area (Å²) >= 11 is 0. The Morgan fingerprint density at radius 1 is 1.20 bits per heavy atom. The third-order valence-electron chi connectivity index (χ3n) is 3.17. The van der Waals surface area contributed by atoms with Gasteiger partial charge in [0.15, 0.2) is 0 Å². The van der Waals surface area contributed by atoms with Gasteiger partial charge in [-0.15, -0.1) is 5.06 Å². The first-order valence-corrected chi connectivity index (χ1v) is 6.26. The van der Waals surface area contributed by atoms with E-state index in [2.05, 4.69) is 4.98 Å². The summed E-state index contributed by atoms with van der Waals surface area (Å²) in [6.07, 6.45) is 2.02. The van der Waals surface area contributed by atoms with Crippen molar-refractivity contribution in [2.45, 2.75) is 19.3 Å². The Bertz CT molecular complexity index is 688. The number of amides is 2. The molecule has 6 nitrogen and oxygen atoms in total. The molecule has 3 rings (SSSR count). The minimum absolute atomic E-state index is 0.0121. The summed E-state index contributed by atoms with van der Waals surface area (Å²) in [7, 11) is 0. The largest absolute Gasteiger partial charge is 0.361 e. The summed E-state index contributed by atoms with van der Waals surface area (Å²) in [5.41, 5.74) is 1.74. The zero-order valence-corrected chi connectivity index (χ0v) is 10.6. The molecule has 102 valence electrons. The van der Waals surface area contributed by atoms with E-state index in [4.69, 9.17) is 4.84 Å². The maximum Gasteiger partial charge on any atom is 0.337 e. The van der Waals surface area contributed by atoms with Crippen LogP contribution in [-0.2, 0) is 25.6 Å². The molecular formula is C14H12N2O4. The van der Waals surface area contributed by atoms with Crippen molar-refractivity contribution < 1.29 is 19.2 Å². The van der Waals surface area contributed by atoms with Crippen LogP contribution in [0.3, 0.4) is 0 Å². The first-order chi connectivity index (χ1) is 9.63. The highest BCUT2D eigenvalue weighted by atomic mass is 16.7. The van der Waals surface area contributed by atoms with Gasteiger partial charge < -0.3 is 9.82 Å². The standard InChI is InChI=1S/C14H12N2O4/c17-12-3-4-13(18)16(12)20-14(19)8-9-1-2-11-10(7-9)5-6-15-11/h1-2,5-7,15H,3-4,8H2.